The van der Waals surface area contributed by atoms with Crippen molar-refractivity contribution < 1.29 is 28.7 Å². The van der Waals surface area contributed by atoms with Gasteiger partial charge in [-0.15, -0.1) is 0 Å². The smallest absolute Gasteiger partial charge is 0.305 e. The van der Waals surface area contributed by atoms with Crippen molar-refractivity contribution in [2.75, 3.05) is 13.7 Å². The van der Waals surface area contributed by atoms with E-state index in [4.69, 9.17) is 4.74 Å². The number of hydrogen-bond acceptors (Lipinski definition) is 6. The van der Waals surface area contributed by atoms with Gasteiger partial charge in [-0.2, -0.15) is 0 Å². The van der Waals surface area contributed by atoms with E-state index < -0.39 is 0 Å². The van der Waals surface area contributed by atoms with Crippen molar-refractivity contribution in [2.45, 2.75) is 91.9 Å². The fourth-order valence-corrected chi connectivity index (χ4v) is 2.96. The second-order valence-corrected chi connectivity index (χ2v) is 9.05. The molecule has 0 bridgehead atoms. The quantitative estimate of drug-likeness (QED) is 0.205. The molecule has 0 spiro atoms. The minimum atomic E-state index is -0.232. The lowest BCUT2D eigenvalue weighted by molar-refractivity contribution is -0.141. The third-order valence-electron chi connectivity index (χ3n) is 5.26. The Morgan fingerprint density at radius 3 is 1.68 bits per heavy atom. The van der Waals surface area contributed by atoms with E-state index in [2.05, 4.69) is 18.6 Å². The van der Waals surface area contributed by atoms with Gasteiger partial charge in [0.1, 0.15) is 11.6 Å². The van der Waals surface area contributed by atoms with Crippen LogP contribution in [0.15, 0.2) is 0 Å². The molecule has 0 radical (unpaired) electrons. The summed E-state index contributed by atoms with van der Waals surface area (Å²) < 4.78 is 9.34. The number of esters is 1. The van der Waals surface area contributed by atoms with Crippen LogP contribution in [0.4, 0.5) is 0 Å². The maximum atomic E-state index is 12.1. The highest BCUT2D eigenvalue weighted by Gasteiger charge is 2.22. The molecule has 0 aromatic carbocycles. The van der Waals surface area contributed by atoms with E-state index in [9.17, 15) is 19.2 Å². The van der Waals surface area contributed by atoms with Gasteiger partial charge in [0.05, 0.1) is 13.7 Å². The lowest BCUT2D eigenvalue weighted by Gasteiger charge is -2.24. The molecule has 0 saturated carbocycles. The van der Waals surface area contributed by atoms with Crippen molar-refractivity contribution >= 4 is 24.0 Å². The van der Waals surface area contributed by atoms with Gasteiger partial charge >= 0.3 is 5.97 Å². The maximum Gasteiger partial charge on any atom is 0.305 e. The van der Waals surface area contributed by atoms with Crippen LogP contribution in [0.3, 0.4) is 0 Å². The molecule has 0 aromatic heterocycles. The van der Waals surface area contributed by atoms with E-state index in [1.807, 2.05) is 13.8 Å². The van der Waals surface area contributed by atoms with E-state index in [0.717, 1.165) is 19.3 Å². The maximum absolute atomic E-state index is 12.1. The summed E-state index contributed by atoms with van der Waals surface area (Å²) >= 11 is 0. The molecule has 0 saturated heterocycles. The van der Waals surface area contributed by atoms with Crippen LogP contribution >= 0.6 is 0 Å². The topological polar surface area (TPSA) is 86.7 Å². The van der Waals surface area contributed by atoms with Gasteiger partial charge in [-0.3, -0.25) is 19.2 Å². The third-order valence-corrected chi connectivity index (χ3v) is 5.26. The zero-order valence-corrected chi connectivity index (χ0v) is 18.3. The monoisotopic (exact) mass is 398 g/mol. The number of rotatable bonds is 17. The molecule has 0 fully saturated rings. The Balaban J connectivity index is 4.03. The normalized spacial score (nSPS) is 11.8. The van der Waals surface area contributed by atoms with Crippen LogP contribution in [0.2, 0.25) is 0 Å². The second-order valence-electron chi connectivity index (χ2n) is 9.05. The van der Waals surface area contributed by atoms with E-state index in [1.165, 1.54) is 7.11 Å². The lowest BCUT2D eigenvalue weighted by atomic mass is 9.81. The van der Waals surface area contributed by atoms with Gasteiger partial charge in [-0.1, -0.05) is 27.7 Å². The Morgan fingerprint density at radius 2 is 1.21 bits per heavy atom. The molecule has 28 heavy (non-hydrogen) atoms. The third kappa shape index (κ3) is 14.4. The average Bonchev–Trinajstić information content (AvgIpc) is 2.64. The summed E-state index contributed by atoms with van der Waals surface area (Å²) in [5.41, 5.74) is -0.0962. The van der Waals surface area contributed by atoms with Crippen LogP contribution in [0.5, 0.6) is 0 Å². The summed E-state index contributed by atoms with van der Waals surface area (Å²) in [6.45, 7) is 9.14. The summed E-state index contributed by atoms with van der Waals surface area (Å²) in [7, 11) is 1.37. The molecule has 6 nitrogen and oxygen atoms in total. The fourth-order valence-electron chi connectivity index (χ4n) is 2.96. The highest BCUT2D eigenvalue weighted by Crippen LogP contribution is 2.30. The van der Waals surface area contributed by atoms with Gasteiger partial charge in [-0.05, 0) is 42.9 Å². The number of Topliss-reactive ketones (excluding diaryl/α,β-unsaturated/α-hetero) is 2. The summed E-state index contributed by atoms with van der Waals surface area (Å²) in [6, 6.07) is 0. The van der Waals surface area contributed by atoms with Crippen molar-refractivity contribution in [3.05, 3.63) is 0 Å². The molecule has 0 unspecified atom stereocenters. The molecule has 0 amide bonds. The molecule has 0 aliphatic heterocycles. The van der Waals surface area contributed by atoms with Gasteiger partial charge in [-0.25, -0.2) is 0 Å². The van der Waals surface area contributed by atoms with Crippen molar-refractivity contribution in [2.24, 2.45) is 10.8 Å². The van der Waals surface area contributed by atoms with Crippen molar-refractivity contribution in [1.29, 1.82) is 0 Å². The Kier molecular flexibility index (Phi) is 12.6. The standard InChI is InChI=1S/C22H38O6/c1-21(2,12-6-16-28-17-23)13-9-18(24)7-8-19(25)10-14-22(3,4)15-11-20(26)27-5/h17H,6-16H2,1-5H3. The summed E-state index contributed by atoms with van der Waals surface area (Å²) in [4.78, 5) is 45.6. The van der Waals surface area contributed by atoms with Gasteiger partial charge in [0.25, 0.3) is 6.47 Å². The van der Waals surface area contributed by atoms with Crippen LogP contribution in [-0.2, 0) is 28.7 Å². The predicted molar refractivity (Wildman–Crippen MR) is 108 cm³/mol. The van der Waals surface area contributed by atoms with Gasteiger partial charge in [0.15, 0.2) is 0 Å². The summed E-state index contributed by atoms with van der Waals surface area (Å²) in [6.07, 6.45) is 5.66. The fraction of sp³-hybridized carbons (Fsp3) is 0.818. The number of carbonyl (C=O) groups excluding carboxylic acids is 4. The lowest BCUT2D eigenvalue weighted by Crippen LogP contribution is -2.17. The first-order valence-corrected chi connectivity index (χ1v) is 10.2. The Hall–Kier alpha value is -1.72. The van der Waals surface area contributed by atoms with Gasteiger partial charge in [0.2, 0.25) is 0 Å². The number of carbonyl (C=O) groups is 4. The van der Waals surface area contributed by atoms with E-state index in [-0.39, 0.29) is 28.4 Å². The second kappa shape index (κ2) is 13.5. The number of ether oxygens (including phenoxy) is 2. The molecule has 0 aliphatic rings. The molecule has 6 heteroatoms. The molecular formula is C22H38O6. The summed E-state index contributed by atoms with van der Waals surface area (Å²) in [5.74, 6) is -0.00975. The molecule has 0 aromatic rings. The number of ketones is 2. The Bertz CT molecular complexity index is 507. The van der Waals surface area contributed by atoms with Crippen LogP contribution in [0.25, 0.3) is 0 Å². The van der Waals surface area contributed by atoms with Gasteiger partial charge in [0, 0.05) is 32.1 Å². The molecule has 0 heterocycles. The Labute approximate surface area is 169 Å². The molecule has 0 atom stereocenters. The molecular weight excluding hydrogens is 360 g/mol. The van der Waals surface area contributed by atoms with Crippen molar-refractivity contribution in [3.63, 3.8) is 0 Å². The van der Waals surface area contributed by atoms with E-state index in [0.29, 0.717) is 58.0 Å². The van der Waals surface area contributed by atoms with Crippen molar-refractivity contribution in [3.8, 4) is 0 Å². The SMILES string of the molecule is COC(=O)CCC(C)(C)CCC(=O)CCC(=O)CCC(C)(C)CCCOC=O. The minimum absolute atomic E-state index is 0.00950. The summed E-state index contributed by atoms with van der Waals surface area (Å²) in [5, 5.41) is 0. The van der Waals surface area contributed by atoms with Crippen LogP contribution in [-0.4, -0.2) is 37.7 Å². The average molecular weight is 399 g/mol. The first kappa shape index (κ1) is 26.3. The van der Waals surface area contributed by atoms with E-state index >= 15 is 0 Å². The highest BCUT2D eigenvalue weighted by molar-refractivity contribution is 5.86. The Morgan fingerprint density at radius 1 is 0.750 bits per heavy atom. The van der Waals surface area contributed by atoms with Crippen molar-refractivity contribution in [1.82, 2.24) is 0 Å². The number of methoxy groups -OCH3 is 1. The first-order chi connectivity index (χ1) is 13.0. The molecule has 162 valence electrons. The number of hydrogen-bond donors (Lipinski definition) is 0. The first-order valence-electron chi connectivity index (χ1n) is 10.2. The molecule has 0 N–H and O–H groups in total. The highest BCUT2D eigenvalue weighted by atomic mass is 16.5. The zero-order chi connectivity index (χ0) is 21.6. The van der Waals surface area contributed by atoms with Crippen LogP contribution in [0.1, 0.15) is 91.9 Å². The van der Waals surface area contributed by atoms with Crippen LogP contribution in [0, 0.1) is 10.8 Å². The molecule has 0 rings (SSSR count). The minimum Gasteiger partial charge on any atom is -0.469 e. The van der Waals surface area contributed by atoms with Crippen LogP contribution < -0.4 is 0 Å². The van der Waals surface area contributed by atoms with Gasteiger partial charge < -0.3 is 9.47 Å². The van der Waals surface area contributed by atoms with E-state index in [1.54, 1.807) is 0 Å². The predicted octanol–water partition coefficient (Wildman–Crippen LogP) is 4.42. The molecule has 0 aliphatic carbocycles. The largest absolute Gasteiger partial charge is 0.469 e. The zero-order valence-electron chi connectivity index (χ0n) is 18.3.